The lowest BCUT2D eigenvalue weighted by Crippen LogP contribution is -2.17. The first-order valence-corrected chi connectivity index (χ1v) is 6.69. The van der Waals surface area contributed by atoms with Crippen LogP contribution in [-0.2, 0) is 18.2 Å². The number of aryl methyl sites for hydroxylation is 1. The SMILES string of the molecule is Cn1c(C2CCOCC2)nc2ccc(CC#N)cc21. The summed E-state index contributed by atoms with van der Waals surface area (Å²) in [5.74, 6) is 1.64. The van der Waals surface area contributed by atoms with Crippen LogP contribution in [0.1, 0.15) is 30.1 Å². The molecule has 1 aliphatic rings. The van der Waals surface area contributed by atoms with Gasteiger partial charge in [0.05, 0.1) is 23.5 Å². The number of rotatable bonds is 2. The second-order valence-corrected chi connectivity index (χ2v) is 5.07. The lowest BCUT2D eigenvalue weighted by Gasteiger charge is -2.21. The minimum absolute atomic E-state index is 0.452. The lowest BCUT2D eigenvalue weighted by atomic mass is 9.99. The van der Waals surface area contributed by atoms with Gasteiger partial charge in [0.1, 0.15) is 5.82 Å². The van der Waals surface area contributed by atoms with Gasteiger partial charge in [-0.25, -0.2) is 4.98 Å². The topological polar surface area (TPSA) is 50.8 Å². The molecule has 3 rings (SSSR count). The Morgan fingerprint density at radius 1 is 1.42 bits per heavy atom. The smallest absolute Gasteiger partial charge is 0.112 e. The number of benzene rings is 1. The third kappa shape index (κ3) is 2.22. The molecule has 0 atom stereocenters. The van der Waals surface area contributed by atoms with E-state index >= 15 is 0 Å². The van der Waals surface area contributed by atoms with Crippen LogP contribution >= 0.6 is 0 Å². The fraction of sp³-hybridized carbons (Fsp3) is 0.467. The molecule has 2 aromatic rings. The van der Waals surface area contributed by atoms with Crippen molar-refractivity contribution in [3.8, 4) is 6.07 Å². The van der Waals surface area contributed by atoms with Crippen molar-refractivity contribution in [1.82, 2.24) is 9.55 Å². The predicted molar refractivity (Wildman–Crippen MR) is 72.8 cm³/mol. The molecular formula is C15H17N3O. The first kappa shape index (κ1) is 12.2. The van der Waals surface area contributed by atoms with E-state index in [-0.39, 0.29) is 0 Å². The maximum Gasteiger partial charge on any atom is 0.112 e. The number of hydrogen-bond donors (Lipinski definition) is 0. The number of imidazole rings is 1. The minimum Gasteiger partial charge on any atom is -0.381 e. The summed E-state index contributed by atoms with van der Waals surface area (Å²) in [5, 5.41) is 8.78. The third-order valence-electron chi connectivity index (χ3n) is 3.85. The van der Waals surface area contributed by atoms with Gasteiger partial charge in [-0.1, -0.05) is 6.07 Å². The third-order valence-corrected chi connectivity index (χ3v) is 3.85. The zero-order valence-corrected chi connectivity index (χ0v) is 11.1. The van der Waals surface area contributed by atoms with Gasteiger partial charge < -0.3 is 9.30 Å². The van der Waals surface area contributed by atoms with Gasteiger partial charge in [0.25, 0.3) is 0 Å². The number of hydrogen-bond acceptors (Lipinski definition) is 3. The van der Waals surface area contributed by atoms with Crippen molar-refractivity contribution in [2.75, 3.05) is 13.2 Å². The Kier molecular flexibility index (Phi) is 3.22. The van der Waals surface area contributed by atoms with Crippen LogP contribution in [0.5, 0.6) is 0 Å². The fourth-order valence-electron chi connectivity index (χ4n) is 2.78. The average molecular weight is 255 g/mol. The van der Waals surface area contributed by atoms with E-state index in [0.29, 0.717) is 12.3 Å². The van der Waals surface area contributed by atoms with Crippen LogP contribution in [0.4, 0.5) is 0 Å². The molecule has 0 N–H and O–H groups in total. The van der Waals surface area contributed by atoms with E-state index in [1.807, 2.05) is 12.1 Å². The van der Waals surface area contributed by atoms with Gasteiger partial charge in [-0.15, -0.1) is 0 Å². The lowest BCUT2D eigenvalue weighted by molar-refractivity contribution is 0.0831. The highest BCUT2D eigenvalue weighted by molar-refractivity contribution is 5.77. The predicted octanol–water partition coefficient (Wildman–Crippen LogP) is 2.53. The highest BCUT2D eigenvalue weighted by atomic mass is 16.5. The van der Waals surface area contributed by atoms with E-state index in [0.717, 1.165) is 48.5 Å². The zero-order chi connectivity index (χ0) is 13.2. The summed E-state index contributed by atoms with van der Waals surface area (Å²) in [6, 6.07) is 8.28. The number of aromatic nitrogens is 2. The summed E-state index contributed by atoms with van der Waals surface area (Å²) in [6.45, 7) is 1.65. The summed E-state index contributed by atoms with van der Waals surface area (Å²) >= 11 is 0. The highest BCUT2D eigenvalue weighted by Gasteiger charge is 2.21. The molecule has 1 aromatic carbocycles. The van der Waals surface area contributed by atoms with E-state index in [9.17, 15) is 0 Å². The Hall–Kier alpha value is -1.86. The molecule has 0 bridgehead atoms. The van der Waals surface area contributed by atoms with Gasteiger partial charge in [-0.2, -0.15) is 5.26 Å². The molecule has 0 unspecified atom stereocenters. The molecule has 0 amide bonds. The van der Waals surface area contributed by atoms with Crippen molar-refractivity contribution in [2.24, 2.45) is 7.05 Å². The van der Waals surface area contributed by atoms with Crippen LogP contribution in [0.15, 0.2) is 18.2 Å². The number of nitriles is 1. The molecule has 0 saturated carbocycles. The zero-order valence-electron chi connectivity index (χ0n) is 11.1. The fourth-order valence-corrected chi connectivity index (χ4v) is 2.78. The summed E-state index contributed by atoms with van der Waals surface area (Å²) in [7, 11) is 2.07. The number of ether oxygens (including phenoxy) is 1. The summed E-state index contributed by atoms with van der Waals surface area (Å²) in [6.07, 6.45) is 2.54. The monoisotopic (exact) mass is 255 g/mol. The van der Waals surface area contributed by atoms with Gasteiger partial charge in [0.2, 0.25) is 0 Å². The number of nitrogens with zero attached hydrogens (tertiary/aromatic N) is 3. The molecule has 0 aliphatic carbocycles. The average Bonchev–Trinajstić information content (AvgIpc) is 2.78. The quantitative estimate of drug-likeness (QED) is 0.828. The Morgan fingerprint density at radius 2 is 2.21 bits per heavy atom. The van der Waals surface area contributed by atoms with E-state index < -0.39 is 0 Å². The Bertz CT molecular complexity index is 633. The molecule has 0 radical (unpaired) electrons. The second-order valence-electron chi connectivity index (χ2n) is 5.07. The van der Waals surface area contributed by atoms with Gasteiger partial charge in [-0.3, -0.25) is 0 Å². The van der Waals surface area contributed by atoms with Crippen molar-refractivity contribution in [2.45, 2.75) is 25.2 Å². The maximum absolute atomic E-state index is 8.78. The van der Waals surface area contributed by atoms with Crippen LogP contribution < -0.4 is 0 Å². The van der Waals surface area contributed by atoms with Crippen LogP contribution in [-0.4, -0.2) is 22.8 Å². The molecule has 2 heterocycles. The molecule has 1 aromatic heterocycles. The van der Waals surface area contributed by atoms with Crippen molar-refractivity contribution >= 4 is 11.0 Å². The highest BCUT2D eigenvalue weighted by Crippen LogP contribution is 2.28. The van der Waals surface area contributed by atoms with Crippen molar-refractivity contribution in [3.63, 3.8) is 0 Å². The Morgan fingerprint density at radius 3 is 2.95 bits per heavy atom. The molecule has 0 spiro atoms. The van der Waals surface area contributed by atoms with E-state index in [1.54, 1.807) is 0 Å². The van der Waals surface area contributed by atoms with Crippen molar-refractivity contribution in [3.05, 3.63) is 29.6 Å². The molecule has 19 heavy (non-hydrogen) atoms. The first-order chi connectivity index (χ1) is 9.29. The van der Waals surface area contributed by atoms with Gasteiger partial charge in [0, 0.05) is 26.2 Å². The molecule has 4 nitrogen and oxygen atoms in total. The van der Waals surface area contributed by atoms with Gasteiger partial charge in [-0.05, 0) is 30.5 Å². The van der Waals surface area contributed by atoms with Crippen molar-refractivity contribution in [1.29, 1.82) is 5.26 Å². The van der Waals surface area contributed by atoms with Crippen LogP contribution in [0, 0.1) is 11.3 Å². The largest absolute Gasteiger partial charge is 0.381 e. The van der Waals surface area contributed by atoms with E-state index in [1.165, 1.54) is 0 Å². The van der Waals surface area contributed by atoms with Crippen molar-refractivity contribution < 1.29 is 4.74 Å². The minimum atomic E-state index is 0.452. The van der Waals surface area contributed by atoms with Crippen LogP contribution in [0.3, 0.4) is 0 Å². The molecule has 98 valence electrons. The Labute approximate surface area is 112 Å². The maximum atomic E-state index is 8.78. The summed E-state index contributed by atoms with van der Waals surface area (Å²) in [5.41, 5.74) is 3.19. The Balaban J connectivity index is 2.02. The summed E-state index contributed by atoms with van der Waals surface area (Å²) < 4.78 is 7.59. The van der Waals surface area contributed by atoms with Crippen LogP contribution in [0.2, 0.25) is 0 Å². The molecule has 1 fully saturated rings. The number of fused-ring (bicyclic) bond motifs is 1. The van der Waals surface area contributed by atoms with Crippen LogP contribution in [0.25, 0.3) is 11.0 Å². The standard InChI is InChI=1S/C15H17N3O/c1-18-14-10-11(4-7-16)2-3-13(14)17-15(18)12-5-8-19-9-6-12/h2-3,10,12H,4-6,8-9H2,1H3. The molecule has 1 saturated heterocycles. The molecular weight excluding hydrogens is 238 g/mol. The molecule has 4 heteroatoms. The second kappa shape index (κ2) is 5.02. The van der Waals surface area contributed by atoms with E-state index in [4.69, 9.17) is 15.0 Å². The van der Waals surface area contributed by atoms with Gasteiger partial charge in [0.15, 0.2) is 0 Å². The van der Waals surface area contributed by atoms with Gasteiger partial charge >= 0.3 is 0 Å². The van der Waals surface area contributed by atoms with E-state index in [2.05, 4.69) is 23.8 Å². The summed E-state index contributed by atoms with van der Waals surface area (Å²) in [4.78, 5) is 4.76. The first-order valence-electron chi connectivity index (χ1n) is 6.69. The normalized spacial score (nSPS) is 16.6. The molecule has 1 aliphatic heterocycles.